The summed E-state index contributed by atoms with van der Waals surface area (Å²) in [7, 11) is 0. The van der Waals surface area contributed by atoms with E-state index in [1.54, 1.807) is 0 Å². The fraction of sp³-hybridized carbons (Fsp3) is 0.175. The third kappa shape index (κ3) is 4.14. The Hall–Kier alpha value is -4.89. The number of pyridine rings is 3. The van der Waals surface area contributed by atoms with Crippen molar-refractivity contribution in [1.82, 2.24) is 15.0 Å². The minimum atomic E-state index is 0.282. The van der Waals surface area contributed by atoms with Crippen LogP contribution in [0.4, 0.5) is 0 Å². The Balaban J connectivity index is 1.35. The number of allylic oxidation sites excluding steroid dienone is 1. The molecule has 3 heteroatoms. The molecule has 1 aliphatic rings. The molecule has 0 saturated heterocycles. The van der Waals surface area contributed by atoms with E-state index in [0.29, 0.717) is 5.92 Å². The van der Waals surface area contributed by atoms with E-state index in [2.05, 4.69) is 119 Å². The molecule has 208 valence electrons. The fourth-order valence-electron chi connectivity index (χ4n) is 6.69. The zero-order valence-electron chi connectivity index (χ0n) is 25.0. The van der Waals surface area contributed by atoms with Gasteiger partial charge >= 0.3 is 0 Å². The summed E-state index contributed by atoms with van der Waals surface area (Å²) >= 11 is 0. The van der Waals surface area contributed by atoms with Crippen LogP contribution in [-0.2, 0) is 0 Å². The molecule has 1 aliphatic carbocycles. The maximum absolute atomic E-state index is 5.19. The van der Waals surface area contributed by atoms with Crippen LogP contribution in [0.25, 0.3) is 66.1 Å². The van der Waals surface area contributed by atoms with Gasteiger partial charge in [-0.15, -0.1) is 0 Å². The largest absolute Gasteiger partial charge is 0.263 e. The lowest BCUT2D eigenvalue weighted by molar-refractivity contribution is 0.826. The number of aromatic nitrogens is 3. The minimum Gasteiger partial charge on any atom is -0.263 e. The molecular weight excluding hydrogens is 522 g/mol. The summed E-state index contributed by atoms with van der Waals surface area (Å²) in [6.45, 7) is 8.80. The predicted octanol–water partition coefficient (Wildman–Crippen LogP) is 9.73. The molecule has 7 aromatic rings. The quantitative estimate of drug-likeness (QED) is 0.203. The molecule has 0 N–H and O–H groups in total. The summed E-state index contributed by atoms with van der Waals surface area (Å²) in [4.78, 5) is 15.1. The van der Waals surface area contributed by atoms with Crippen molar-refractivity contribution in [2.24, 2.45) is 0 Å². The first-order valence-corrected chi connectivity index (χ1v) is 15.3. The van der Waals surface area contributed by atoms with Crippen molar-refractivity contribution >= 4 is 55.0 Å². The van der Waals surface area contributed by atoms with Gasteiger partial charge in [-0.1, -0.05) is 101 Å². The van der Waals surface area contributed by atoms with Crippen LogP contribution >= 0.6 is 0 Å². The Kier molecular flexibility index (Phi) is 5.90. The van der Waals surface area contributed by atoms with E-state index in [0.717, 1.165) is 56.3 Å². The van der Waals surface area contributed by atoms with Crippen LogP contribution < -0.4 is 5.22 Å². The van der Waals surface area contributed by atoms with Gasteiger partial charge in [0.05, 0.1) is 11.0 Å². The highest BCUT2D eigenvalue weighted by atomic mass is 14.8. The monoisotopic (exact) mass is 555 g/mol. The van der Waals surface area contributed by atoms with Gasteiger partial charge < -0.3 is 0 Å². The van der Waals surface area contributed by atoms with Gasteiger partial charge in [-0.2, -0.15) is 0 Å². The Morgan fingerprint density at radius 3 is 2.12 bits per heavy atom. The topological polar surface area (TPSA) is 38.7 Å². The van der Waals surface area contributed by atoms with E-state index in [1.807, 2.05) is 12.4 Å². The SMILES string of the molecule is CC(C)c1ccc2ccc3c(-c4cncc(C5=CCC=c6ccc7cccc8ccc5c6c87)c4)cc(C(C)C)nc3c2n1. The second-order valence-corrected chi connectivity index (χ2v) is 12.4. The van der Waals surface area contributed by atoms with Crippen LogP contribution in [0, 0.1) is 0 Å². The number of hydrogen-bond acceptors (Lipinski definition) is 3. The Morgan fingerprint density at radius 2 is 1.30 bits per heavy atom. The van der Waals surface area contributed by atoms with Crippen molar-refractivity contribution in [2.45, 2.75) is 46.0 Å². The van der Waals surface area contributed by atoms with Crippen molar-refractivity contribution in [3.8, 4) is 11.1 Å². The molecular formula is C40H33N3. The normalized spacial score (nSPS) is 13.3. The summed E-state index contributed by atoms with van der Waals surface area (Å²) in [6.07, 6.45) is 9.60. The Labute approximate surface area is 251 Å². The first kappa shape index (κ1) is 25.8. The molecule has 3 aromatic heterocycles. The highest BCUT2D eigenvalue weighted by Crippen LogP contribution is 2.38. The van der Waals surface area contributed by atoms with E-state index >= 15 is 0 Å². The molecule has 0 atom stereocenters. The minimum absolute atomic E-state index is 0.282. The predicted molar refractivity (Wildman–Crippen MR) is 181 cm³/mol. The lowest BCUT2D eigenvalue weighted by Crippen LogP contribution is -2.04. The van der Waals surface area contributed by atoms with Crippen LogP contribution in [-0.4, -0.2) is 15.0 Å². The van der Waals surface area contributed by atoms with Gasteiger partial charge in [-0.25, -0.2) is 0 Å². The van der Waals surface area contributed by atoms with Crippen molar-refractivity contribution < 1.29 is 0 Å². The molecule has 4 aromatic carbocycles. The molecule has 0 unspecified atom stereocenters. The zero-order valence-corrected chi connectivity index (χ0v) is 25.0. The van der Waals surface area contributed by atoms with Crippen LogP contribution in [0.3, 0.4) is 0 Å². The summed E-state index contributed by atoms with van der Waals surface area (Å²) in [5.41, 5.74) is 9.98. The summed E-state index contributed by atoms with van der Waals surface area (Å²) in [5, 5.41) is 8.77. The molecule has 3 nitrogen and oxygen atoms in total. The molecule has 0 bridgehead atoms. The molecule has 0 spiro atoms. The van der Waals surface area contributed by atoms with Crippen LogP contribution in [0.15, 0.2) is 97.3 Å². The maximum Gasteiger partial charge on any atom is 0.0974 e. The molecule has 3 heterocycles. The second kappa shape index (κ2) is 9.84. The van der Waals surface area contributed by atoms with Gasteiger partial charge in [0, 0.05) is 45.7 Å². The lowest BCUT2D eigenvalue weighted by atomic mass is 9.89. The second-order valence-electron chi connectivity index (χ2n) is 12.4. The van der Waals surface area contributed by atoms with Gasteiger partial charge in [0.25, 0.3) is 0 Å². The summed E-state index contributed by atoms with van der Waals surface area (Å²) in [5.74, 6) is 0.632. The smallest absolute Gasteiger partial charge is 0.0974 e. The zero-order chi connectivity index (χ0) is 29.2. The summed E-state index contributed by atoms with van der Waals surface area (Å²) in [6, 6.07) is 28.9. The van der Waals surface area contributed by atoms with E-state index < -0.39 is 0 Å². The maximum atomic E-state index is 5.19. The molecule has 8 rings (SSSR count). The van der Waals surface area contributed by atoms with Crippen molar-refractivity contribution in [3.63, 3.8) is 0 Å². The van der Waals surface area contributed by atoms with Gasteiger partial charge in [0.15, 0.2) is 0 Å². The lowest BCUT2D eigenvalue weighted by Gasteiger charge is -2.16. The van der Waals surface area contributed by atoms with Gasteiger partial charge in [0.1, 0.15) is 0 Å². The highest BCUT2D eigenvalue weighted by molar-refractivity contribution is 6.15. The van der Waals surface area contributed by atoms with Gasteiger partial charge in [0.2, 0.25) is 0 Å². The average molecular weight is 556 g/mol. The average Bonchev–Trinajstić information content (AvgIpc) is 3.23. The Bertz CT molecular complexity index is 2310. The molecule has 0 saturated carbocycles. The van der Waals surface area contributed by atoms with E-state index in [-0.39, 0.29) is 5.92 Å². The first-order valence-electron chi connectivity index (χ1n) is 15.3. The molecule has 43 heavy (non-hydrogen) atoms. The molecule has 0 amide bonds. The number of fused-ring (bicyclic) bond motifs is 3. The number of rotatable bonds is 4. The van der Waals surface area contributed by atoms with Crippen molar-refractivity contribution in [2.75, 3.05) is 0 Å². The first-order chi connectivity index (χ1) is 21.0. The molecule has 0 radical (unpaired) electrons. The van der Waals surface area contributed by atoms with Crippen molar-refractivity contribution in [3.05, 3.63) is 125 Å². The third-order valence-electron chi connectivity index (χ3n) is 8.98. The fourth-order valence-corrected chi connectivity index (χ4v) is 6.69. The summed E-state index contributed by atoms with van der Waals surface area (Å²) < 4.78 is 0. The standard InChI is InChI=1S/C40H33N3/c1-23(2)35-18-15-28-14-17-33-34(20-36(24(3)4)43-40(33)39(28)42-35)30-19-29(21-41-22-30)31-10-6-9-27-12-11-25-7-5-8-26-13-16-32(31)38(27)37(25)26/h5,7-24H,6H2,1-4H3. The van der Waals surface area contributed by atoms with E-state index in [4.69, 9.17) is 15.0 Å². The third-order valence-corrected chi connectivity index (χ3v) is 8.98. The number of benzene rings is 4. The van der Waals surface area contributed by atoms with E-state index in [1.165, 1.54) is 37.9 Å². The highest BCUT2D eigenvalue weighted by Gasteiger charge is 2.18. The van der Waals surface area contributed by atoms with Crippen LogP contribution in [0.1, 0.15) is 68.5 Å². The van der Waals surface area contributed by atoms with Gasteiger partial charge in [-0.3, -0.25) is 15.0 Å². The molecule has 0 aliphatic heterocycles. The van der Waals surface area contributed by atoms with Crippen molar-refractivity contribution in [1.29, 1.82) is 0 Å². The van der Waals surface area contributed by atoms with Crippen LogP contribution in [0.2, 0.25) is 0 Å². The number of hydrogen-bond donors (Lipinski definition) is 0. The van der Waals surface area contributed by atoms with Gasteiger partial charge in [-0.05, 0) is 79.9 Å². The number of nitrogens with zero attached hydrogens (tertiary/aromatic N) is 3. The Morgan fingerprint density at radius 1 is 0.581 bits per heavy atom. The van der Waals surface area contributed by atoms with Crippen LogP contribution in [0.5, 0.6) is 0 Å². The van der Waals surface area contributed by atoms with E-state index in [9.17, 15) is 0 Å². The molecule has 0 fully saturated rings.